The molecule has 0 aliphatic carbocycles. The minimum Gasteiger partial charge on any atom is -0.481 e. The number of carbonyl (C=O) groups is 1. The van der Waals surface area contributed by atoms with Gasteiger partial charge in [0.2, 0.25) is 5.69 Å². The van der Waals surface area contributed by atoms with Crippen molar-refractivity contribution < 1.29 is 36.6 Å². The third kappa shape index (κ3) is 7.78. The SMILES string of the molecule is COCC[N+]1=C(/C=C/C=C/C=C2/N(CCCCCC(=O)O)c3ccccc3C2(C)CCOC)C(C)(C)c2cc(S(=O)(=O)OC)ccc21. The van der Waals surface area contributed by atoms with Gasteiger partial charge in [-0.1, -0.05) is 42.8 Å². The molecule has 2 aromatic rings. The Kier molecular flexibility index (Phi) is 12.0. The van der Waals surface area contributed by atoms with Crippen LogP contribution >= 0.6 is 0 Å². The molecule has 2 aliphatic heterocycles. The molecule has 0 fully saturated rings. The second-order valence-corrected chi connectivity index (χ2v) is 14.4. The number of fused-ring (bicyclic) bond motifs is 2. The molecule has 2 heterocycles. The first-order valence-corrected chi connectivity index (χ1v) is 17.6. The zero-order valence-electron chi connectivity index (χ0n) is 28.5. The van der Waals surface area contributed by atoms with Crippen molar-refractivity contribution in [3.05, 3.63) is 89.7 Å². The molecule has 1 N–H and O–H groups in total. The van der Waals surface area contributed by atoms with Crippen molar-refractivity contribution in [2.24, 2.45) is 0 Å². The van der Waals surface area contributed by atoms with E-state index in [1.807, 2.05) is 18.2 Å². The number of para-hydroxylation sites is 1. The van der Waals surface area contributed by atoms with Gasteiger partial charge in [0, 0.05) is 68.3 Å². The Morgan fingerprint density at radius 3 is 2.38 bits per heavy atom. The molecule has 1 atom stereocenters. The molecular formula is C37H49N2O7S+. The summed E-state index contributed by atoms with van der Waals surface area (Å²) in [4.78, 5) is 13.5. The van der Waals surface area contributed by atoms with Crippen LogP contribution in [0.5, 0.6) is 0 Å². The van der Waals surface area contributed by atoms with Gasteiger partial charge in [0.25, 0.3) is 10.1 Å². The number of hydrogen-bond acceptors (Lipinski definition) is 7. The molecule has 0 aromatic heterocycles. The van der Waals surface area contributed by atoms with E-state index in [-0.39, 0.29) is 16.7 Å². The van der Waals surface area contributed by atoms with Crippen LogP contribution in [0.1, 0.15) is 64.0 Å². The number of ether oxygens (including phenoxy) is 2. The minimum absolute atomic E-state index is 0.135. The molecule has 47 heavy (non-hydrogen) atoms. The molecular weight excluding hydrogens is 616 g/mol. The molecule has 2 aliphatic rings. The lowest BCUT2D eigenvalue weighted by Crippen LogP contribution is -2.30. The van der Waals surface area contributed by atoms with Crippen molar-refractivity contribution in [3.63, 3.8) is 0 Å². The Balaban J connectivity index is 1.65. The fourth-order valence-electron chi connectivity index (χ4n) is 6.74. The zero-order chi connectivity index (χ0) is 34.2. The van der Waals surface area contributed by atoms with E-state index in [1.165, 1.54) is 24.1 Å². The van der Waals surface area contributed by atoms with E-state index in [0.29, 0.717) is 26.2 Å². The van der Waals surface area contributed by atoms with E-state index in [1.54, 1.807) is 26.4 Å². The van der Waals surface area contributed by atoms with Crippen LogP contribution in [0, 0.1) is 0 Å². The summed E-state index contributed by atoms with van der Waals surface area (Å²) in [6, 6.07) is 13.6. The van der Waals surface area contributed by atoms with Gasteiger partial charge in [0.15, 0.2) is 12.3 Å². The quantitative estimate of drug-likeness (QED) is 0.0884. The van der Waals surface area contributed by atoms with E-state index < -0.39 is 21.5 Å². The van der Waals surface area contributed by atoms with Crippen molar-refractivity contribution in [3.8, 4) is 0 Å². The summed E-state index contributed by atoms with van der Waals surface area (Å²) >= 11 is 0. The second kappa shape index (κ2) is 15.6. The lowest BCUT2D eigenvalue weighted by molar-refractivity contribution is -0.441. The van der Waals surface area contributed by atoms with Crippen LogP contribution in [-0.4, -0.2) is 77.4 Å². The molecule has 254 valence electrons. The third-order valence-electron chi connectivity index (χ3n) is 9.34. The number of hydrogen-bond donors (Lipinski definition) is 1. The van der Waals surface area contributed by atoms with Gasteiger partial charge in [0.05, 0.1) is 17.4 Å². The number of aliphatic carboxylic acids is 1. The zero-order valence-corrected chi connectivity index (χ0v) is 29.3. The van der Waals surface area contributed by atoms with E-state index in [9.17, 15) is 13.2 Å². The Morgan fingerprint density at radius 2 is 1.68 bits per heavy atom. The molecule has 0 radical (unpaired) electrons. The molecule has 10 heteroatoms. The van der Waals surface area contributed by atoms with Crippen LogP contribution in [0.4, 0.5) is 11.4 Å². The van der Waals surface area contributed by atoms with Crippen LogP contribution in [0.2, 0.25) is 0 Å². The molecule has 1 unspecified atom stereocenters. The third-order valence-corrected chi connectivity index (χ3v) is 10.6. The summed E-state index contributed by atoms with van der Waals surface area (Å²) in [5.74, 6) is -0.754. The number of methoxy groups -OCH3 is 2. The van der Waals surface area contributed by atoms with Gasteiger partial charge in [-0.25, -0.2) is 0 Å². The molecule has 0 bridgehead atoms. The number of allylic oxidation sites excluding steroid dienone is 6. The predicted molar refractivity (Wildman–Crippen MR) is 185 cm³/mol. The predicted octanol–water partition coefficient (Wildman–Crippen LogP) is 6.50. The number of anilines is 1. The molecule has 4 rings (SSSR count). The first kappa shape index (κ1) is 36.3. The average Bonchev–Trinajstić information content (AvgIpc) is 3.41. The fourth-order valence-corrected chi connectivity index (χ4v) is 7.42. The standard InChI is InChI=1S/C37H48N2O7S/c1-36(2)30-27-28(47(42,43)46-6)20-21-32(30)39(24-26-45-5)33(36)17-9-7-10-18-34-37(3,22-25-44-4)29-15-12-13-16-31(29)38(34)23-14-8-11-19-35(40)41/h7,9-10,12-13,15-18,20-21,27H,8,11,14,19,22-26H2,1-6H3/p+1. The second-order valence-electron chi connectivity index (χ2n) is 12.7. The van der Waals surface area contributed by atoms with Crippen molar-refractivity contribution in [2.75, 3.05) is 52.5 Å². The first-order valence-electron chi connectivity index (χ1n) is 16.1. The highest BCUT2D eigenvalue weighted by Gasteiger charge is 2.45. The maximum atomic E-state index is 12.5. The van der Waals surface area contributed by atoms with Crippen LogP contribution in [0.15, 0.2) is 83.4 Å². The number of rotatable bonds is 17. The highest BCUT2D eigenvalue weighted by Crippen LogP contribution is 2.50. The summed E-state index contributed by atoms with van der Waals surface area (Å²) in [7, 11) is 0.741. The van der Waals surface area contributed by atoms with Crippen LogP contribution in [0.3, 0.4) is 0 Å². The van der Waals surface area contributed by atoms with Crippen molar-refractivity contribution in [2.45, 2.75) is 68.6 Å². The van der Waals surface area contributed by atoms with E-state index in [0.717, 1.165) is 42.8 Å². The number of unbranched alkanes of at least 4 members (excludes halogenated alkanes) is 2. The summed E-state index contributed by atoms with van der Waals surface area (Å²) < 4.78 is 42.9. The highest BCUT2D eigenvalue weighted by molar-refractivity contribution is 7.86. The van der Waals surface area contributed by atoms with E-state index in [2.05, 4.69) is 72.7 Å². The minimum atomic E-state index is -3.83. The Morgan fingerprint density at radius 1 is 0.936 bits per heavy atom. The molecule has 0 amide bonds. The van der Waals surface area contributed by atoms with E-state index >= 15 is 0 Å². The van der Waals surface area contributed by atoms with Gasteiger partial charge in [-0.3, -0.25) is 8.98 Å². The normalized spacial score (nSPS) is 19.8. The van der Waals surface area contributed by atoms with E-state index in [4.69, 9.17) is 18.8 Å². The number of carboxylic acids is 1. The van der Waals surface area contributed by atoms with Gasteiger partial charge < -0.3 is 19.5 Å². The summed E-state index contributed by atoms with van der Waals surface area (Å²) in [5.41, 5.74) is 5.82. The molecule has 9 nitrogen and oxygen atoms in total. The van der Waals surface area contributed by atoms with Crippen LogP contribution in [-0.2, 0) is 39.4 Å². The van der Waals surface area contributed by atoms with Crippen LogP contribution < -0.4 is 4.90 Å². The first-order chi connectivity index (χ1) is 22.4. The number of nitrogens with zero attached hydrogens (tertiary/aromatic N) is 2. The molecule has 0 saturated heterocycles. The van der Waals surface area contributed by atoms with Gasteiger partial charge in [-0.2, -0.15) is 13.0 Å². The monoisotopic (exact) mass is 665 g/mol. The summed E-state index contributed by atoms with van der Waals surface area (Å²) in [6.45, 7) is 9.01. The van der Waals surface area contributed by atoms with Crippen molar-refractivity contribution >= 4 is 33.2 Å². The molecule has 0 spiro atoms. The van der Waals surface area contributed by atoms with Crippen LogP contribution in [0.25, 0.3) is 0 Å². The van der Waals surface area contributed by atoms with Crippen molar-refractivity contribution in [1.82, 2.24) is 0 Å². The number of benzene rings is 2. The van der Waals surface area contributed by atoms with Crippen molar-refractivity contribution in [1.29, 1.82) is 0 Å². The van der Waals surface area contributed by atoms with Gasteiger partial charge in [-0.05, 0) is 69.9 Å². The maximum Gasteiger partial charge on any atom is 0.303 e. The summed E-state index contributed by atoms with van der Waals surface area (Å²) in [6.07, 6.45) is 13.8. The Labute approximate surface area is 280 Å². The lowest BCUT2D eigenvalue weighted by Gasteiger charge is -2.30. The highest BCUT2D eigenvalue weighted by atomic mass is 32.2. The smallest absolute Gasteiger partial charge is 0.303 e. The van der Waals surface area contributed by atoms with Gasteiger partial charge in [0.1, 0.15) is 6.61 Å². The Bertz CT molecular complexity index is 1670. The Hall–Kier alpha value is -3.57. The van der Waals surface area contributed by atoms with Gasteiger partial charge >= 0.3 is 5.97 Å². The number of carboxylic acid groups (broad SMARTS) is 1. The lowest BCUT2D eigenvalue weighted by atomic mass is 9.78. The molecule has 2 aromatic carbocycles. The largest absolute Gasteiger partial charge is 0.481 e. The topological polar surface area (TPSA) is 105 Å². The average molecular weight is 666 g/mol. The molecule has 0 saturated carbocycles. The fraction of sp³-hybridized carbons (Fsp3) is 0.459. The summed E-state index contributed by atoms with van der Waals surface area (Å²) in [5, 5.41) is 9.05. The maximum absolute atomic E-state index is 12.5. The van der Waals surface area contributed by atoms with Gasteiger partial charge in [-0.15, -0.1) is 0 Å².